The molecule has 0 aliphatic rings. The van der Waals surface area contributed by atoms with Gasteiger partial charge in [-0.15, -0.1) is 0 Å². The van der Waals surface area contributed by atoms with Crippen LogP contribution in [0.15, 0.2) is 93.5 Å². The van der Waals surface area contributed by atoms with Crippen molar-refractivity contribution in [3.8, 4) is 11.5 Å². The summed E-state index contributed by atoms with van der Waals surface area (Å²) in [5, 5.41) is 19.0. The van der Waals surface area contributed by atoms with Crippen LogP contribution in [-0.4, -0.2) is 29.7 Å². The Morgan fingerprint density at radius 2 is 0.786 bits per heavy atom. The predicted octanol–water partition coefficient (Wildman–Crippen LogP) is 6.33. The van der Waals surface area contributed by atoms with E-state index in [-0.39, 0.29) is 22.4 Å². The molecule has 152 valence electrons. The fraction of sp³-hybridized carbons (Fsp3) is 0. The van der Waals surface area contributed by atoms with E-state index in [0.29, 0.717) is 0 Å². The van der Waals surface area contributed by atoms with Crippen molar-refractivity contribution < 1.29 is 27.1 Å². The van der Waals surface area contributed by atoms with E-state index in [1.54, 1.807) is 24.3 Å². The Hall–Kier alpha value is -1.99. The van der Waals surface area contributed by atoms with Crippen LogP contribution < -0.4 is 0 Å². The Bertz CT molecular complexity index is 858. The van der Waals surface area contributed by atoms with E-state index in [4.69, 9.17) is 0 Å². The molecule has 0 aliphatic carbocycles. The number of hydrogen-bond donors (Lipinski definition) is 2. The monoisotopic (exact) mass is 530 g/mol. The third-order valence-corrected chi connectivity index (χ3v) is 5.35. The average Bonchev–Trinajstić information content (AvgIpc) is 2.57. The molecule has 0 radical (unpaired) electrons. The first-order chi connectivity index (χ1) is 12.7. The van der Waals surface area contributed by atoms with Gasteiger partial charge in [-0.05, 0) is 60.7 Å². The summed E-state index contributed by atoms with van der Waals surface area (Å²) in [7, 11) is -0.253. The van der Waals surface area contributed by atoms with E-state index in [0.717, 1.165) is 9.79 Å². The van der Waals surface area contributed by atoms with Gasteiger partial charge in [-0.3, -0.25) is 0 Å². The van der Waals surface area contributed by atoms with E-state index < -0.39 is 19.5 Å². The molecule has 2 N–H and O–H groups in total. The first-order valence-corrected chi connectivity index (χ1v) is 14.6. The van der Waals surface area contributed by atoms with Gasteiger partial charge >= 0.3 is 36.4 Å². The molecule has 0 fully saturated rings. The van der Waals surface area contributed by atoms with Crippen molar-refractivity contribution in [2.24, 2.45) is 0 Å². The molecule has 2 nitrogen and oxygen atoms in total. The van der Waals surface area contributed by atoms with Gasteiger partial charge in [-0.25, -0.2) is 0 Å². The van der Waals surface area contributed by atoms with Crippen LogP contribution in [0.3, 0.4) is 0 Å². The first kappa shape index (κ1) is 22.3. The maximum atomic E-state index is 9.93. The molecule has 0 heterocycles. The van der Waals surface area contributed by atoms with Gasteiger partial charge in [0.15, 0.2) is 14.7 Å². The molecule has 0 spiro atoms. The minimum atomic E-state index is -11.2. The zero-order valence-corrected chi connectivity index (χ0v) is 17.4. The van der Waals surface area contributed by atoms with Gasteiger partial charge in [-0.1, -0.05) is 18.2 Å². The molecular formula is C18H15F6O2SSb. The van der Waals surface area contributed by atoms with Crippen LogP contribution >= 0.6 is 0 Å². The molecule has 28 heavy (non-hydrogen) atoms. The van der Waals surface area contributed by atoms with Crippen LogP contribution in [0, 0.1) is 0 Å². The predicted molar refractivity (Wildman–Crippen MR) is 97.2 cm³/mol. The number of phenols is 2. The van der Waals surface area contributed by atoms with Crippen LogP contribution in [0.25, 0.3) is 0 Å². The first-order valence-electron chi connectivity index (χ1n) is 7.63. The van der Waals surface area contributed by atoms with Crippen molar-refractivity contribution in [3.05, 3.63) is 78.9 Å². The molecule has 3 rings (SSSR count). The zero-order valence-electron chi connectivity index (χ0n) is 14.0. The number of halogens is 6. The fourth-order valence-electron chi connectivity index (χ4n) is 2.13. The third-order valence-electron chi connectivity index (χ3n) is 3.12. The molecular weight excluding hydrogens is 516 g/mol. The van der Waals surface area contributed by atoms with Gasteiger partial charge in [0.1, 0.15) is 11.5 Å². The molecule has 0 bridgehead atoms. The SMILES string of the molecule is Oc1ccc([S+](c2ccccc2)c2ccc(O)cc2)cc1.[F][Sb-]([F])([F])([F])([F])[F]. The summed E-state index contributed by atoms with van der Waals surface area (Å²) < 4.78 is 59.6. The van der Waals surface area contributed by atoms with Crippen molar-refractivity contribution in [1.82, 2.24) is 0 Å². The number of rotatable bonds is 3. The Kier molecular flexibility index (Phi) is 5.93. The summed E-state index contributed by atoms with van der Waals surface area (Å²) in [6.45, 7) is 0. The van der Waals surface area contributed by atoms with Crippen LogP contribution in [0.4, 0.5) is 16.9 Å². The molecule has 0 unspecified atom stereocenters. The molecule has 10 heteroatoms. The number of benzene rings is 3. The third kappa shape index (κ3) is 8.80. The topological polar surface area (TPSA) is 40.5 Å². The standard InChI is InChI=1S/C18H14O2S.6FH.Sb/c19-14-6-10-17(11-7-14)21(16-4-2-1-3-5-16)18-12-8-15(20)9-13-18;;;;;;;/h1-13H,(H-,19,20);6*1H;/q;;;;;;;+5/p-5. The van der Waals surface area contributed by atoms with Crippen LogP contribution in [0.5, 0.6) is 11.5 Å². The van der Waals surface area contributed by atoms with Gasteiger partial charge in [0, 0.05) is 0 Å². The van der Waals surface area contributed by atoms with Crippen LogP contribution in [-0.2, 0) is 10.9 Å². The molecule has 0 saturated heterocycles. The van der Waals surface area contributed by atoms with Gasteiger partial charge in [0.25, 0.3) is 0 Å². The summed E-state index contributed by atoms with van der Waals surface area (Å²) in [6.07, 6.45) is 0. The van der Waals surface area contributed by atoms with Gasteiger partial charge in [0.2, 0.25) is 0 Å². The Labute approximate surface area is 162 Å². The summed E-state index contributed by atoms with van der Waals surface area (Å²) in [6, 6.07) is 24.8. The van der Waals surface area contributed by atoms with Crippen molar-refractivity contribution in [1.29, 1.82) is 0 Å². The Morgan fingerprint density at radius 1 is 0.500 bits per heavy atom. The molecule has 0 aliphatic heterocycles. The van der Waals surface area contributed by atoms with E-state index >= 15 is 0 Å². The van der Waals surface area contributed by atoms with E-state index in [1.807, 2.05) is 42.5 Å². The van der Waals surface area contributed by atoms with E-state index in [9.17, 15) is 27.1 Å². The Morgan fingerprint density at radius 3 is 1.11 bits per heavy atom. The maximum absolute atomic E-state index is 11.2. The van der Waals surface area contributed by atoms with Gasteiger partial charge in [-0.2, -0.15) is 0 Å². The molecule has 0 atom stereocenters. The summed E-state index contributed by atoms with van der Waals surface area (Å²) in [4.78, 5) is 3.46. The fourth-order valence-corrected chi connectivity index (χ4v) is 4.19. The number of hydrogen-bond acceptors (Lipinski definition) is 2. The van der Waals surface area contributed by atoms with E-state index in [1.165, 1.54) is 4.90 Å². The van der Waals surface area contributed by atoms with Crippen LogP contribution in [0.1, 0.15) is 0 Å². The summed E-state index contributed by atoms with van der Waals surface area (Å²) in [5.74, 6) is 0.530. The molecule has 0 aromatic heterocycles. The van der Waals surface area contributed by atoms with Crippen molar-refractivity contribution in [3.63, 3.8) is 0 Å². The Balaban J connectivity index is 0.000000345. The second-order valence-corrected chi connectivity index (χ2v) is 13.1. The molecule has 0 amide bonds. The molecule has 3 aromatic rings. The quantitative estimate of drug-likeness (QED) is 0.236. The zero-order chi connectivity index (χ0) is 21.1. The average molecular weight is 531 g/mol. The second-order valence-electron chi connectivity index (χ2n) is 5.57. The molecule has 3 aromatic carbocycles. The second kappa shape index (κ2) is 7.44. The molecule has 0 saturated carbocycles. The summed E-state index contributed by atoms with van der Waals surface area (Å²) in [5.41, 5.74) is 0. The van der Waals surface area contributed by atoms with Crippen molar-refractivity contribution in [2.75, 3.05) is 0 Å². The normalized spacial score (nSPS) is 13.8. The van der Waals surface area contributed by atoms with E-state index in [2.05, 4.69) is 12.1 Å². The summed E-state index contributed by atoms with van der Waals surface area (Å²) >= 11 is -11.2. The van der Waals surface area contributed by atoms with Crippen molar-refractivity contribution >= 4 is 30.4 Å². The number of aromatic hydroxyl groups is 2. The van der Waals surface area contributed by atoms with Gasteiger partial charge in [0.05, 0.1) is 10.9 Å². The van der Waals surface area contributed by atoms with Gasteiger partial charge < -0.3 is 10.2 Å². The minimum absolute atomic E-state index is 0.253. The van der Waals surface area contributed by atoms with Crippen molar-refractivity contribution in [2.45, 2.75) is 14.7 Å². The van der Waals surface area contributed by atoms with Crippen LogP contribution in [0.2, 0.25) is 0 Å². The number of phenolic OH excluding ortho intramolecular Hbond substituents is 2.